The summed E-state index contributed by atoms with van der Waals surface area (Å²) in [6.45, 7) is 1.96. The molecule has 5 rings (SSSR count). The van der Waals surface area contributed by atoms with Crippen LogP contribution in [0.15, 0.2) is 52.9 Å². The van der Waals surface area contributed by atoms with E-state index in [1.807, 2.05) is 42.0 Å². The van der Waals surface area contributed by atoms with Gasteiger partial charge in [0.2, 0.25) is 0 Å². The maximum Gasteiger partial charge on any atom is 0.176 e. The molecule has 0 amide bonds. The summed E-state index contributed by atoms with van der Waals surface area (Å²) in [5, 5.41) is 13.6. The molecule has 1 aliphatic heterocycles. The van der Waals surface area contributed by atoms with Crippen molar-refractivity contribution in [2.75, 3.05) is 12.4 Å². The summed E-state index contributed by atoms with van der Waals surface area (Å²) >= 11 is 12.4. The number of benzene rings is 1. The first kappa shape index (κ1) is 21.1. The molecule has 2 aliphatic rings. The van der Waals surface area contributed by atoms with Crippen molar-refractivity contribution in [2.24, 2.45) is 5.92 Å². The van der Waals surface area contributed by atoms with Crippen LogP contribution in [-0.2, 0) is 6.42 Å². The van der Waals surface area contributed by atoms with Gasteiger partial charge < -0.3 is 14.6 Å². The summed E-state index contributed by atoms with van der Waals surface area (Å²) in [6, 6.07) is 6.20. The van der Waals surface area contributed by atoms with E-state index >= 15 is 0 Å². The monoisotopic (exact) mass is 470 g/mol. The third-order valence-corrected chi connectivity index (χ3v) is 6.89. The molecule has 2 atom stereocenters. The number of halogens is 2. The van der Waals surface area contributed by atoms with Gasteiger partial charge in [0.25, 0.3) is 0 Å². The summed E-state index contributed by atoms with van der Waals surface area (Å²) in [4.78, 5) is 4.30. The van der Waals surface area contributed by atoms with Gasteiger partial charge in [-0.2, -0.15) is 0 Å². The second-order valence-corrected chi connectivity index (χ2v) is 9.00. The number of imidazole rings is 1. The lowest BCUT2D eigenvalue weighted by Gasteiger charge is -2.30. The molecule has 0 spiro atoms. The minimum absolute atomic E-state index is 0.220. The second-order valence-electron chi connectivity index (χ2n) is 8.19. The fraction of sp³-hybridized carbons (Fsp3) is 0.348. The maximum absolute atomic E-state index is 6.29. The molecule has 7 nitrogen and oxygen atoms in total. The van der Waals surface area contributed by atoms with Gasteiger partial charge in [0.1, 0.15) is 5.75 Å². The number of nitrogens with one attached hydrogen (secondary N) is 1. The summed E-state index contributed by atoms with van der Waals surface area (Å²) in [5.74, 6) is 1.79. The molecule has 0 fully saturated rings. The van der Waals surface area contributed by atoms with E-state index in [9.17, 15) is 0 Å². The maximum atomic E-state index is 6.29. The van der Waals surface area contributed by atoms with Crippen molar-refractivity contribution in [3.8, 4) is 11.4 Å². The highest BCUT2D eigenvalue weighted by Crippen LogP contribution is 2.40. The minimum atomic E-state index is 0.220. The van der Waals surface area contributed by atoms with Crippen LogP contribution >= 0.6 is 23.2 Å². The van der Waals surface area contributed by atoms with Gasteiger partial charge in [-0.05, 0) is 44.7 Å². The van der Waals surface area contributed by atoms with Crippen molar-refractivity contribution in [1.82, 2.24) is 24.5 Å². The number of allylic oxidation sites excluding steroid dienone is 4. The van der Waals surface area contributed by atoms with Crippen molar-refractivity contribution in [3.05, 3.63) is 64.3 Å². The van der Waals surface area contributed by atoms with Crippen LogP contribution in [0.2, 0.25) is 0 Å². The number of aryl methyl sites for hydroxylation is 1. The smallest absolute Gasteiger partial charge is 0.176 e. The molecule has 0 saturated heterocycles. The zero-order chi connectivity index (χ0) is 22.2. The normalized spacial score (nSPS) is 20.4. The largest absolute Gasteiger partial charge is 0.494 e. The molecule has 166 valence electrons. The quantitative estimate of drug-likeness (QED) is 0.520. The fourth-order valence-corrected chi connectivity index (χ4v) is 4.90. The van der Waals surface area contributed by atoms with Gasteiger partial charge in [0.15, 0.2) is 5.82 Å². The standard InChI is InChI=1S/C23H24Cl2N6O/c1-14-12-30(13-26-14)20-9-7-16(11-22(20)32-2)27-23-21-5-3-4-19(31(21)29-28-23)15-6-8-17(24)18(25)10-15/h7-13,15,19,27H,3-6H2,1-2H3. The predicted octanol–water partition coefficient (Wildman–Crippen LogP) is 5.67. The molecule has 1 aromatic carbocycles. The lowest BCUT2D eigenvalue weighted by atomic mass is 9.87. The number of hydrogen-bond donors (Lipinski definition) is 1. The SMILES string of the molecule is COc1cc(Nc2nnn3c2CCCC3C2C=C(Cl)C(Cl)=CC2)ccc1-n1cnc(C)c1. The Morgan fingerprint density at radius 2 is 2.09 bits per heavy atom. The number of ether oxygens (including phenoxy) is 1. The Balaban J connectivity index is 1.40. The average molecular weight is 471 g/mol. The van der Waals surface area contributed by atoms with Gasteiger partial charge in [-0.3, -0.25) is 0 Å². The molecule has 3 heterocycles. The van der Waals surface area contributed by atoms with Gasteiger partial charge in [-0.15, -0.1) is 5.10 Å². The van der Waals surface area contributed by atoms with Gasteiger partial charge in [0, 0.05) is 23.9 Å². The van der Waals surface area contributed by atoms with Crippen molar-refractivity contribution in [3.63, 3.8) is 0 Å². The van der Waals surface area contributed by atoms with E-state index in [4.69, 9.17) is 27.9 Å². The Morgan fingerprint density at radius 1 is 1.22 bits per heavy atom. The van der Waals surface area contributed by atoms with Gasteiger partial charge in [0.05, 0.1) is 46.6 Å². The zero-order valence-electron chi connectivity index (χ0n) is 17.9. The number of methoxy groups -OCH3 is 1. The third-order valence-electron chi connectivity index (χ3n) is 6.10. The Labute approximate surface area is 196 Å². The van der Waals surface area contributed by atoms with E-state index in [2.05, 4.69) is 31.4 Å². The van der Waals surface area contributed by atoms with Crippen molar-refractivity contribution in [1.29, 1.82) is 0 Å². The van der Waals surface area contributed by atoms with E-state index in [-0.39, 0.29) is 12.0 Å². The van der Waals surface area contributed by atoms with Crippen LogP contribution in [0.25, 0.3) is 5.69 Å². The predicted molar refractivity (Wildman–Crippen MR) is 126 cm³/mol. The molecule has 0 bridgehead atoms. The van der Waals surface area contributed by atoms with Crippen LogP contribution < -0.4 is 10.1 Å². The van der Waals surface area contributed by atoms with Crippen LogP contribution in [-0.4, -0.2) is 31.7 Å². The Hall–Kier alpha value is -2.77. The molecule has 32 heavy (non-hydrogen) atoms. The number of rotatable bonds is 5. The van der Waals surface area contributed by atoms with Crippen molar-refractivity contribution >= 4 is 34.7 Å². The minimum Gasteiger partial charge on any atom is -0.494 e. The summed E-state index contributed by atoms with van der Waals surface area (Å²) in [6.07, 6.45) is 11.7. The van der Waals surface area contributed by atoms with Crippen LogP contribution in [0.3, 0.4) is 0 Å². The highest BCUT2D eigenvalue weighted by molar-refractivity contribution is 6.44. The zero-order valence-corrected chi connectivity index (χ0v) is 19.4. The Bertz CT molecular complexity index is 1210. The molecule has 1 N–H and O–H groups in total. The topological polar surface area (TPSA) is 69.8 Å². The highest BCUT2D eigenvalue weighted by Gasteiger charge is 2.31. The van der Waals surface area contributed by atoms with Gasteiger partial charge in [-0.25, -0.2) is 9.67 Å². The average Bonchev–Trinajstić information content (AvgIpc) is 3.42. The fourth-order valence-electron chi connectivity index (χ4n) is 4.51. The van der Waals surface area contributed by atoms with E-state index in [0.717, 1.165) is 60.0 Å². The molecular formula is C23H24Cl2N6O. The first-order valence-electron chi connectivity index (χ1n) is 10.7. The van der Waals surface area contributed by atoms with Gasteiger partial charge >= 0.3 is 0 Å². The Morgan fingerprint density at radius 3 is 2.84 bits per heavy atom. The first-order chi connectivity index (χ1) is 15.5. The van der Waals surface area contributed by atoms with Crippen LogP contribution in [0.5, 0.6) is 5.75 Å². The second kappa shape index (κ2) is 8.64. The van der Waals surface area contributed by atoms with E-state index < -0.39 is 0 Å². The molecule has 2 unspecified atom stereocenters. The molecule has 0 radical (unpaired) electrons. The van der Waals surface area contributed by atoms with Crippen LogP contribution in [0, 0.1) is 12.8 Å². The lowest BCUT2D eigenvalue weighted by Crippen LogP contribution is -2.26. The highest BCUT2D eigenvalue weighted by atomic mass is 35.5. The molecule has 0 saturated carbocycles. The first-order valence-corrected chi connectivity index (χ1v) is 11.4. The molecule has 1 aliphatic carbocycles. The van der Waals surface area contributed by atoms with Crippen LogP contribution in [0.4, 0.5) is 11.5 Å². The number of aromatic nitrogens is 5. The summed E-state index contributed by atoms with van der Waals surface area (Å²) in [7, 11) is 1.67. The summed E-state index contributed by atoms with van der Waals surface area (Å²) < 4.78 is 9.64. The van der Waals surface area contributed by atoms with E-state index in [1.54, 1.807) is 13.4 Å². The molecule has 3 aromatic rings. The number of anilines is 2. The van der Waals surface area contributed by atoms with E-state index in [0.29, 0.717) is 10.1 Å². The number of nitrogens with zero attached hydrogens (tertiary/aromatic N) is 5. The lowest BCUT2D eigenvalue weighted by molar-refractivity contribution is 0.289. The van der Waals surface area contributed by atoms with Crippen LogP contribution in [0.1, 0.15) is 36.7 Å². The molecular weight excluding hydrogens is 447 g/mol. The number of fused-ring (bicyclic) bond motifs is 1. The summed E-state index contributed by atoms with van der Waals surface area (Å²) in [5.41, 5.74) is 3.88. The van der Waals surface area contributed by atoms with E-state index in [1.165, 1.54) is 0 Å². The van der Waals surface area contributed by atoms with Gasteiger partial charge in [-0.1, -0.05) is 40.6 Å². The molecule has 2 aromatic heterocycles. The van der Waals surface area contributed by atoms with Crippen molar-refractivity contribution < 1.29 is 4.74 Å². The third kappa shape index (κ3) is 3.91. The number of hydrogen-bond acceptors (Lipinski definition) is 5. The molecule has 9 heteroatoms. The van der Waals surface area contributed by atoms with Crippen molar-refractivity contribution in [2.45, 2.75) is 38.6 Å². The Kier molecular flexibility index (Phi) is 5.69.